The van der Waals surface area contributed by atoms with Crippen molar-refractivity contribution in [2.45, 2.75) is 49.9 Å². The van der Waals surface area contributed by atoms with Crippen molar-refractivity contribution in [3.8, 4) is 0 Å². The van der Waals surface area contributed by atoms with Crippen molar-refractivity contribution in [2.24, 2.45) is 0 Å². The van der Waals surface area contributed by atoms with Crippen LogP contribution in [0.25, 0.3) is 0 Å². The predicted molar refractivity (Wildman–Crippen MR) is 73.5 cm³/mol. The van der Waals surface area contributed by atoms with Crippen molar-refractivity contribution in [3.05, 3.63) is 23.7 Å². The summed E-state index contributed by atoms with van der Waals surface area (Å²) in [6.07, 6.45) is 2.11. The predicted octanol–water partition coefficient (Wildman–Crippen LogP) is 2.49. The van der Waals surface area contributed by atoms with Gasteiger partial charge in [-0.2, -0.15) is 8.78 Å². The summed E-state index contributed by atoms with van der Waals surface area (Å²) < 4.78 is 29.5. The summed E-state index contributed by atoms with van der Waals surface area (Å²) in [5.74, 6) is -1.11. The molecule has 1 fully saturated rings. The first-order valence-electron chi connectivity index (χ1n) is 6.55. The number of carbonyl (C=O) groups excluding carboxylic acids is 1. The maximum absolute atomic E-state index is 12.0. The van der Waals surface area contributed by atoms with Crippen LogP contribution < -0.4 is 10.6 Å². The zero-order valence-electron chi connectivity index (χ0n) is 11.2. The third kappa shape index (κ3) is 5.13. The maximum atomic E-state index is 12.0. The third-order valence-corrected chi connectivity index (χ3v) is 3.67. The van der Waals surface area contributed by atoms with Crippen LogP contribution in [0.4, 0.5) is 8.78 Å². The zero-order valence-corrected chi connectivity index (χ0v) is 12.0. The fourth-order valence-corrected chi connectivity index (χ4v) is 2.09. The number of amides is 1. The molecule has 1 unspecified atom stereocenters. The Balaban J connectivity index is 1.71. The van der Waals surface area contributed by atoms with Crippen LogP contribution in [0, 0.1) is 0 Å². The first-order valence-corrected chi connectivity index (χ1v) is 7.60. The molecule has 1 aliphatic rings. The highest BCUT2D eigenvalue weighted by Gasteiger charge is 2.25. The molecule has 0 aromatic carbocycles. The number of thioether (sulfide) groups is 1. The number of rotatable bonds is 8. The molecular weight excluding hydrogens is 286 g/mol. The van der Waals surface area contributed by atoms with Gasteiger partial charge in [0.25, 0.3) is 5.76 Å². The smallest absolute Gasteiger partial charge is 0.284 e. The van der Waals surface area contributed by atoms with Crippen molar-refractivity contribution in [3.63, 3.8) is 0 Å². The minimum absolute atomic E-state index is 0.0208. The van der Waals surface area contributed by atoms with Crippen LogP contribution >= 0.6 is 11.8 Å². The number of hydrogen-bond donors (Lipinski definition) is 2. The molecule has 4 nitrogen and oxygen atoms in total. The Kier molecular flexibility index (Phi) is 5.42. The van der Waals surface area contributed by atoms with Gasteiger partial charge in [-0.1, -0.05) is 11.8 Å². The largest absolute Gasteiger partial charge is 0.464 e. The van der Waals surface area contributed by atoms with Gasteiger partial charge in [-0.3, -0.25) is 10.1 Å². The van der Waals surface area contributed by atoms with Crippen LogP contribution in [0.15, 0.2) is 16.5 Å². The molecule has 0 aliphatic heterocycles. The Morgan fingerprint density at radius 1 is 1.45 bits per heavy atom. The lowest BCUT2D eigenvalue weighted by Gasteiger charge is -2.12. The Bertz CT molecular complexity index is 449. The lowest BCUT2D eigenvalue weighted by molar-refractivity contribution is -0.122. The molecule has 0 saturated heterocycles. The number of hydrogen-bond acceptors (Lipinski definition) is 4. The Morgan fingerprint density at radius 3 is 2.80 bits per heavy atom. The lowest BCUT2D eigenvalue weighted by atomic mass is 10.3. The van der Waals surface area contributed by atoms with Crippen LogP contribution in [0.1, 0.15) is 31.3 Å². The van der Waals surface area contributed by atoms with Crippen LogP contribution in [0.3, 0.4) is 0 Å². The van der Waals surface area contributed by atoms with Gasteiger partial charge in [0, 0.05) is 6.04 Å². The molecule has 1 aromatic heterocycles. The Hall–Kier alpha value is -1.08. The van der Waals surface area contributed by atoms with Gasteiger partial charge in [0.1, 0.15) is 11.5 Å². The maximum Gasteiger partial charge on any atom is 0.284 e. The van der Waals surface area contributed by atoms with Gasteiger partial charge in [0.05, 0.1) is 18.3 Å². The average Bonchev–Trinajstić information content (AvgIpc) is 3.10. The zero-order chi connectivity index (χ0) is 14.5. The molecule has 0 radical (unpaired) electrons. The first kappa shape index (κ1) is 15.3. The fraction of sp³-hybridized carbons (Fsp3) is 0.615. The lowest BCUT2D eigenvalue weighted by Crippen LogP contribution is -2.42. The van der Waals surface area contributed by atoms with E-state index in [2.05, 4.69) is 10.6 Å². The van der Waals surface area contributed by atoms with Crippen LogP contribution in [-0.4, -0.2) is 23.7 Å². The Labute approximate surface area is 120 Å². The van der Waals surface area contributed by atoms with Gasteiger partial charge in [-0.15, -0.1) is 0 Å². The molecule has 1 heterocycles. The normalized spacial score (nSPS) is 16.4. The van der Waals surface area contributed by atoms with Crippen molar-refractivity contribution in [1.82, 2.24) is 10.6 Å². The van der Waals surface area contributed by atoms with Crippen LogP contribution in [0.5, 0.6) is 0 Å². The highest BCUT2D eigenvalue weighted by atomic mass is 32.2. The molecule has 2 rings (SSSR count). The van der Waals surface area contributed by atoms with Gasteiger partial charge in [-0.05, 0) is 31.9 Å². The minimum atomic E-state index is -2.40. The summed E-state index contributed by atoms with van der Waals surface area (Å²) >= 11 is 0.529. The molecule has 0 bridgehead atoms. The second kappa shape index (κ2) is 7.08. The number of halogens is 2. The molecule has 1 aromatic rings. The fourth-order valence-electron chi connectivity index (χ4n) is 1.64. The van der Waals surface area contributed by atoms with E-state index in [4.69, 9.17) is 4.42 Å². The van der Waals surface area contributed by atoms with E-state index in [1.165, 1.54) is 0 Å². The monoisotopic (exact) mass is 304 g/mol. The van der Waals surface area contributed by atoms with Crippen molar-refractivity contribution in [2.75, 3.05) is 0 Å². The summed E-state index contributed by atoms with van der Waals surface area (Å²) in [5, 5.41) is 5.96. The summed E-state index contributed by atoms with van der Waals surface area (Å²) in [5.41, 5.74) is 0. The summed E-state index contributed by atoms with van der Waals surface area (Å²) in [6, 6.07) is 3.45. The molecule has 0 spiro atoms. The molecule has 20 heavy (non-hydrogen) atoms. The van der Waals surface area contributed by atoms with Crippen LogP contribution in [0.2, 0.25) is 0 Å². The highest BCUT2D eigenvalue weighted by molar-refractivity contribution is 7.98. The molecular formula is C13H18F2N2O2S. The number of alkyl halides is 2. The molecule has 112 valence electrons. The second-order valence-electron chi connectivity index (χ2n) is 4.83. The van der Waals surface area contributed by atoms with Crippen molar-refractivity contribution in [1.29, 1.82) is 0 Å². The van der Waals surface area contributed by atoms with Crippen molar-refractivity contribution >= 4 is 17.7 Å². The van der Waals surface area contributed by atoms with E-state index in [0.29, 0.717) is 35.9 Å². The summed E-state index contributed by atoms with van der Waals surface area (Å²) in [4.78, 5) is 11.7. The van der Waals surface area contributed by atoms with E-state index in [-0.39, 0.29) is 17.7 Å². The molecule has 1 atom stereocenters. The van der Waals surface area contributed by atoms with Gasteiger partial charge in [0.2, 0.25) is 5.91 Å². The topological polar surface area (TPSA) is 54.3 Å². The Morgan fingerprint density at radius 2 is 2.15 bits per heavy atom. The number of carbonyl (C=O) groups is 1. The molecule has 1 amide bonds. The molecule has 7 heteroatoms. The summed E-state index contributed by atoms with van der Waals surface area (Å²) in [6.45, 7) is 2.19. The number of furan rings is 1. The summed E-state index contributed by atoms with van der Waals surface area (Å²) in [7, 11) is 0. The van der Waals surface area contributed by atoms with Crippen LogP contribution in [-0.2, 0) is 17.1 Å². The van der Waals surface area contributed by atoms with E-state index < -0.39 is 5.76 Å². The van der Waals surface area contributed by atoms with E-state index >= 15 is 0 Å². The SMILES string of the molecule is CC(NCc1ccc(CSC(F)F)o1)C(=O)NC1CC1. The van der Waals surface area contributed by atoms with Gasteiger partial charge < -0.3 is 9.73 Å². The first-order chi connectivity index (χ1) is 9.54. The van der Waals surface area contributed by atoms with E-state index in [9.17, 15) is 13.6 Å². The standard InChI is InChI=1S/C13H18F2N2O2S/c1-8(12(18)17-9-2-3-9)16-6-10-4-5-11(19-10)7-20-13(14)15/h4-5,8-9,13,16H,2-3,6-7H2,1H3,(H,17,18). The third-order valence-electron chi connectivity index (χ3n) is 2.97. The minimum Gasteiger partial charge on any atom is -0.464 e. The van der Waals surface area contributed by atoms with E-state index in [1.807, 2.05) is 0 Å². The van der Waals surface area contributed by atoms with Gasteiger partial charge >= 0.3 is 0 Å². The molecule has 1 aliphatic carbocycles. The second-order valence-corrected chi connectivity index (χ2v) is 5.80. The number of nitrogens with one attached hydrogen (secondary N) is 2. The quantitative estimate of drug-likeness (QED) is 0.775. The molecule has 2 N–H and O–H groups in total. The highest BCUT2D eigenvalue weighted by Crippen LogP contribution is 2.21. The van der Waals surface area contributed by atoms with Gasteiger partial charge in [-0.25, -0.2) is 0 Å². The van der Waals surface area contributed by atoms with Crippen molar-refractivity contribution < 1.29 is 18.0 Å². The van der Waals surface area contributed by atoms with Gasteiger partial charge in [0.15, 0.2) is 0 Å². The molecule has 1 saturated carbocycles. The van der Waals surface area contributed by atoms with E-state index in [1.54, 1.807) is 19.1 Å². The average molecular weight is 304 g/mol. The van der Waals surface area contributed by atoms with E-state index in [0.717, 1.165) is 12.8 Å².